The average Bonchev–Trinajstić information content (AvgIpc) is 2.46. The van der Waals surface area contributed by atoms with Crippen molar-refractivity contribution < 1.29 is 4.92 Å². The lowest BCUT2D eigenvalue weighted by molar-refractivity contribution is -0.384. The Morgan fingerprint density at radius 1 is 1.25 bits per heavy atom. The van der Waals surface area contributed by atoms with Crippen LogP contribution in [0, 0.1) is 17.0 Å². The van der Waals surface area contributed by atoms with Crippen molar-refractivity contribution in [3.8, 4) is 0 Å². The van der Waals surface area contributed by atoms with E-state index >= 15 is 0 Å². The van der Waals surface area contributed by atoms with Crippen molar-refractivity contribution in [1.82, 2.24) is 15.3 Å². The molecule has 0 saturated carbocycles. The van der Waals surface area contributed by atoms with Crippen molar-refractivity contribution in [2.24, 2.45) is 0 Å². The fourth-order valence-electron chi connectivity index (χ4n) is 1.77. The number of nitrogens with one attached hydrogen (secondary N) is 1. The number of aromatic nitrogens is 2. The fraction of sp³-hybridized carbons (Fsp3) is 0.286. The minimum Gasteiger partial charge on any atom is -0.305 e. The Morgan fingerprint density at radius 2 is 1.95 bits per heavy atom. The van der Waals surface area contributed by atoms with Crippen LogP contribution in [0.2, 0.25) is 0 Å². The van der Waals surface area contributed by atoms with Crippen LogP contribution in [0.25, 0.3) is 0 Å². The van der Waals surface area contributed by atoms with Crippen LogP contribution in [0.15, 0.2) is 36.7 Å². The summed E-state index contributed by atoms with van der Waals surface area (Å²) in [5.74, 6) is 0. The van der Waals surface area contributed by atoms with Gasteiger partial charge in [0.15, 0.2) is 0 Å². The number of hydrogen-bond acceptors (Lipinski definition) is 5. The predicted molar refractivity (Wildman–Crippen MR) is 75.1 cm³/mol. The van der Waals surface area contributed by atoms with E-state index < -0.39 is 4.92 Å². The molecule has 0 aliphatic heterocycles. The van der Waals surface area contributed by atoms with Gasteiger partial charge in [0, 0.05) is 37.1 Å². The molecule has 1 atom stereocenters. The van der Waals surface area contributed by atoms with Crippen molar-refractivity contribution in [1.29, 1.82) is 0 Å². The second-order valence-electron chi connectivity index (χ2n) is 4.60. The molecule has 6 heteroatoms. The van der Waals surface area contributed by atoms with Crippen LogP contribution in [0.5, 0.6) is 0 Å². The van der Waals surface area contributed by atoms with Gasteiger partial charge >= 0.3 is 0 Å². The van der Waals surface area contributed by atoms with E-state index in [1.807, 2.05) is 13.8 Å². The lowest BCUT2D eigenvalue weighted by Gasteiger charge is -2.13. The van der Waals surface area contributed by atoms with Crippen molar-refractivity contribution in [2.75, 3.05) is 0 Å². The second kappa shape index (κ2) is 6.21. The third-order valence-corrected chi connectivity index (χ3v) is 3.03. The number of aryl methyl sites for hydroxylation is 1. The van der Waals surface area contributed by atoms with Gasteiger partial charge in [-0.05, 0) is 19.4 Å². The first kappa shape index (κ1) is 14.1. The highest BCUT2D eigenvalue weighted by Crippen LogP contribution is 2.17. The zero-order chi connectivity index (χ0) is 14.5. The Bertz CT molecular complexity index is 581. The van der Waals surface area contributed by atoms with E-state index in [0.717, 1.165) is 17.0 Å². The first-order valence-electron chi connectivity index (χ1n) is 6.31. The highest BCUT2D eigenvalue weighted by Gasteiger charge is 2.09. The maximum atomic E-state index is 10.6. The molecule has 1 unspecified atom stereocenters. The molecule has 0 aliphatic carbocycles. The number of non-ortho nitro benzene ring substituents is 1. The van der Waals surface area contributed by atoms with E-state index in [1.54, 1.807) is 24.5 Å². The van der Waals surface area contributed by atoms with Gasteiger partial charge in [-0.2, -0.15) is 0 Å². The third kappa shape index (κ3) is 3.58. The van der Waals surface area contributed by atoms with E-state index in [2.05, 4.69) is 15.3 Å². The molecule has 0 radical (unpaired) electrons. The topological polar surface area (TPSA) is 81.0 Å². The maximum Gasteiger partial charge on any atom is 0.269 e. The Labute approximate surface area is 117 Å². The molecular formula is C14H16N4O2. The molecule has 0 amide bonds. The van der Waals surface area contributed by atoms with Gasteiger partial charge in [-0.25, -0.2) is 0 Å². The summed E-state index contributed by atoms with van der Waals surface area (Å²) in [6, 6.07) is 6.63. The highest BCUT2D eigenvalue weighted by atomic mass is 16.6. The van der Waals surface area contributed by atoms with Crippen molar-refractivity contribution in [3.63, 3.8) is 0 Å². The average molecular weight is 272 g/mol. The molecule has 1 aromatic carbocycles. The predicted octanol–water partition coefficient (Wildman–Crippen LogP) is 2.54. The minimum atomic E-state index is -0.399. The summed E-state index contributed by atoms with van der Waals surface area (Å²) in [6.07, 6.45) is 3.47. The number of rotatable bonds is 5. The number of nitro benzene ring substituents is 1. The summed E-state index contributed by atoms with van der Waals surface area (Å²) in [6.45, 7) is 4.50. The van der Waals surface area contributed by atoms with E-state index in [4.69, 9.17) is 0 Å². The third-order valence-electron chi connectivity index (χ3n) is 3.03. The molecule has 1 aromatic heterocycles. The van der Waals surface area contributed by atoms with Crippen molar-refractivity contribution in [2.45, 2.75) is 26.4 Å². The van der Waals surface area contributed by atoms with Gasteiger partial charge in [0.25, 0.3) is 5.69 Å². The Hall–Kier alpha value is -2.34. The zero-order valence-corrected chi connectivity index (χ0v) is 11.4. The molecule has 2 aromatic rings. The van der Waals surface area contributed by atoms with Crippen LogP contribution in [0.3, 0.4) is 0 Å². The lowest BCUT2D eigenvalue weighted by atomic mass is 10.1. The van der Waals surface area contributed by atoms with Crippen LogP contribution in [0.1, 0.15) is 29.9 Å². The summed E-state index contributed by atoms with van der Waals surface area (Å²) >= 11 is 0. The molecule has 0 saturated heterocycles. The van der Waals surface area contributed by atoms with E-state index in [1.165, 1.54) is 12.1 Å². The first-order chi connectivity index (χ1) is 9.56. The lowest BCUT2D eigenvalue weighted by Crippen LogP contribution is -2.18. The summed E-state index contributed by atoms with van der Waals surface area (Å²) < 4.78 is 0. The van der Waals surface area contributed by atoms with Gasteiger partial charge in [0.2, 0.25) is 0 Å². The Balaban J connectivity index is 1.95. The van der Waals surface area contributed by atoms with Crippen molar-refractivity contribution in [3.05, 3.63) is 63.7 Å². The van der Waals surface area contributed by atoms with Crippen LogP contribution >= 0.6 is 0 Å². The standard InChI is InChI=1S/C14H16N4O2/c1-10-7-17-13(8-15-10)9-16-11(2)12-3-5-14(6-4-12)18(19)20/h3-8,11,16H,9H2,1-2H3. The zero-order valence-electron chi connectivity index (χ0n) is 11.4. The Kier molecular flexibility index (Phi) is 4.37. The quantitative estimate of drug-likeness (QED) is 0.668. The molecule has 0 bridgehead atoms. The molecule has 0 spiro atoms. The molecule has 6 nitrogen and oxygen atoms in total. The fourth-order valence-corrected chi connectivity index (χ4v) is 1.77. The van der Waals surface area contributed by atoms with Crippen LogP contribution in [-0.4, -0.2) is 14.9 Å². The van der Waals surface area contributed by atoms with Gasteiger partial charge in [-0.15, -0.1) is 0 Å². The van der Waals surface area contributed by atoms with Gasteiger partial charge in [-0.1, -0.05) is 12.1 Å². The molecular weight excluding hydrogens is 256 g/mol. The van der Waals surface area contributed by atoms with Gasteiger partial charge < -0.3 is 5.32 Å². The van der Waals surface area contributed by atoms with Crippen molar-refractivity contribution >= 4 is 5.69 Å². The van der Waals surface area contributed by atoms with E-state index in [-0.39, 0.29) is 11.7 Å². The van der Waals surface area contributed by atoms with Crippen LogP contribution in [-0.2, 0) is 6.54 Å². The van der Waals surface area contributed by atoms with Crippen LogP contribution < -0.4 is 5.32 Å². The summed E-state index contributed by atoms with van der Waals surface area (Å²) in [7, 11) is 0. The van der Waals surface area contributed by atoms with Gasteiger partial charge in [-0.3, -0.25) is 20.1 Å². The highest BCUT2D eigenvalue weighted by molar-refractivity contribution is 5.34. The van der Waals surface area contributed by atoms with Gasteiger partial charge in [0.05, 0.1) is 16.3 Å². The SMILES string of the molecule is Cc1cnc(CNC(C)c2ccc([N+](=O)[O-])cc2)cn1. The molecule has 2 rings (SSSR count). The summed E-state index contributed by atoms with van der Waals surface area (Å²) in [4.78, 5) is 18.6. The van der Waals surface area contributed by atoms with Crippen LogP contribution in [0.4, 0.5) is 5.69 Å². The second-order valence-corrected chi connectivity index (χ2v) is 4.60. The number of nitrogens with zero attached hydrogens (tertiary/aromatic N) is 3. The monoisotopic (exact) mass is 272 g/mol. The van der Waals surface area contributed by atoms with Gasteiger partial charge in [0.1, 0.15) is 0 Å². The smallest absolute Gasteiger partial charge is 0.269 e. The maximum absolute atomic E-state index is 10.6. The minimum absolute atomic E-state index is 0.0823. The largest absolute Gasteiger partial charge is 0.305 e. The Morgan fingerprint density at radius 3 is 2.50 bits per heavy atom. The first-order valence-corrected chi connectivity index (χ1v) is 6.31. The number of nitro groups is 1. The molecule has 20 heavy (non-hydrogen) atoms. The molecule has 0 aliphatic rings. The normalized spacial score (nSPS) is 12.1. The molecule has 104 valence electrons. The summed E-state index contributed by atoms with van der Waals surface area (Å²) in [5.41, 5.74) is 2.85. The number of hydrogen-bond donors (Lipinski definition) is 1. The molecule has 1 N–H and O–H groups in total. The summed E-state index contributed by atoms with van der Waals surface area (Å²) in [5, 5.41) is 13.9. The van der Waals surface area contributed by atoms with E-state index in [0.29, 0.717) is 6.54 Å². The van der Waals surface area contributed by atoms with E-state index in [9.17, 15) is 10.1 Å². The number of benzene rings is 1. The molecule has 1 heterocycles. The molecule has 0 fully saturated rings.